The van der Waals surface area contributed by atoms with E-state index in [1.54, 1.807) is 7.11 Å². The Kier molecular flexibility index (Phi) is 3.48. The van der Waals surface area contributed by atoms with Crippen LogP contribution in [0.5, 0.6) is 5.75 Å². The number of aldehydes is 1. The molecule has 0 saturated heterocycles. The van der Waals surface area contributed by atoms with Crippen LogP contribution in [0.1, 0.15) is 18.4 Å². The molecule has 0 aromatic heterocycles. The van der Waals surface area contributed by atoms with E-state index < -0.39 is 0 Å². The third-order valence-electron chi connectivity index (χ3n) is 1.89. The van der Waals surface area contributed by atoms with Crippen LogP contribution in [0, 0.1) is 0 Å². The van der Waals surface area contributed by atoms with Gasteiger partial charge in [0.15, 0.2) is 0 Å². The molecule has 0 aliphatic rings. The second-order valence-electron chi connectivity index (χ2n) is 2.81. The Morgan fingerprint density at radius 2 is 2.23 bits per heavy atom. The number of halogens is 1. The quantitative estimate of drug-likeness (QED) is 0.763. The summed E-state index contributed by atoms with van der Waals surface area (Å²) in [6.45, 7) is 1.84. The van der Waals surface area contributed by atoms with Crippen molar-refractivity contribution in [2.24, 2.45) is 0 Å². The van der Waals surface area contributed by atoms with Gasteiger partial charge in [0.25, 0.3) is 0 Å². The molecule has 0 saturated carbocycles. The number of carbonyl (C=O) groups is 1. The highest BCUT2D eigenvalue weighted by Crippen LogP contribution is 2.28. The summed E-state index contributed by atoms with van der Waals surface area (Å²) in [5, 5.41) is 0. The van der Waals surface area contributed by atoms with Crippen LogP contribution in [-0.4, -0.2) is 13.4 Å². The molecule has 3 heteroatoms. The van der Waals surface area contributed by atoms with Crippen molar-refractivity contribution >= 4 is 22.2 Å². The summed E-state index contributed by atoms with van der Waals surface area (Å²) >= 11 is 3.35. The van der Waals surface area contributed by atoms with E-state index in [0.717, 1.165) is 22.1 Å². The summed E-state index contributed by atoms with van der Waals surface area (Å²) < 4.78 is 6.10. The SMILES string of the molecule is COc1ccc(Br)cc1[C@@H](C)C=O. The predicted octanol–water partition coefficient (Wildman–Crippen LogP) is 2.76. The fourth-order valence-corrected chi connectivity index (χ4v) is 1.51. The zero-order valence-corrected chi connectivity index (χ0v) is 9.17. The first-order valence-electron chi connectivity index (χ1n) is 3.97. The van der Waals surface area contributed by atoms with Crippen LogP contribution in [0.4, 0.5) is 0 Å². The van der Waals surface area contributed by atoms with E-state index in [1.807, 2.05) is 25.1 Å². The normalized spacial score (nSPS) is 12.2. The monoisotopic (exact) mass is 242 g/mol. The number of rotatable bonds is 3. The van der Waals surface area contributed by atoms with Crippen LogP contribution in [0.15, 0.2) is 22.7 Å². The van der Waals surface area contributed by atoms with Gasteiger partial charge < -0.3 is 9.53 Å². The fraction of sp³-hybridized carbons (Fsp3) is 0.300. The number of ether oxygens (including phenoxy) is 1. The Hall–Kier alpha value is -0.830. The summed E-state index contributed by atoms with van der Waals surface area (Å²) in [6.07, 6.45) is 0.907. The lowest BCUT2D eigenvalue weighted by molar-refractivity contribution is -0.108. The molecule has 0 heterocycles. The van der Waals surface area contributed by atoms with Crippen LogP contribution in [0.2, 0.25) is 0 Å². The molecule has 0 unspecified atom stereocenters. The van der Waals surface area contributed by atoms with E-state index in [2.05, 4.69) is 15.9 Å². The molecule has 0 fully saturated rings. The van der Waals surface area contributed by atoms with E-state index in [-0.39, 0.29) is 5.92 Å². The highest BCUT2D eigenvalue weighted by molar-refractivity contribution is 9.10. The zero-order chi connectivity index (χ0) is 9.84. The minimum atomic E-state index is -0.132. The van der Waals surface area contributed by atoms with Crippen molar-refractivity contribution < 1.29 is 9.53 Å². The Bertz CT molecular complexity index is 310. The molecule has 0 N–H and O–H groups in total. The Morgan fingerprint density at radius 3 is 2.77 bits per heavy atom. The van der Waals surface area contributed by atoms with Crippen LogP contribution < -0.4 is 4.74 Å². The molecule has 0 aliphatic carbocycles. The Morgan fingerprint density at radius 1 is 1.54 bits per heavy atom. The lowest BCUT2D eigenvalue weighted by Crippen LogP contribution is -1.98. The topological polar surface area (TPSA) is 26.3 Å². The highest BCUT2D eigenvalue weighted by Gasteiger charge is 2.10. The van der Waals surface area contributed by atoms with Crippen molar-refractivity contribution in [3.8, 4) is 5.75 Å². The van der Waals surface area contributed by atoms with Gasteiger partial charge in [-0.15, -0.1) is 0 Å². The molecule has 0 radical (unpaired) electrons. The maximum atomic E-state index is 10.6. The Balaban J connectivity index is 3.14. The summed E-state index contributed by atoms with van der Waals surface area (Å²) in [6, 6.07) is 5.64. The molecule has 1 aromatic carbocycles. The van der Waals surface area contributed by atoms with E-state index in [4.69, 9.17) is 4.74 Å². The van der Waals surface area contributed by atoms with Gasteiger partial charge in [0.05, 0.1) is 7.11 Å². The van der Waals surface area contributed by atoms with Gasteiger partial charge in [-0.05, 0) is 18.2 Å². The molecule has 1 rings (SSSR count). The van der Waals surface area contributed by atoms with E-state index in [9.17, 15) is 4.79 Å². The maximum Gasteiger partial charge on any atom is 0.127 e. The minimum absolute atomic E-state index is 0.132. The van der Waals surface area contributed by atoms with Gasteiger partial charge in [-0.1, -0.05) is 22.9 Å². The number of methoxy groups -OCH3 is 1. The molecule has 0 spiro atoms. The summed E-state index contributed by atoms with van der Waals surface area (Å²) in [7, 11) is 1.60. The largest absolute Gasteiger partial charge is 0.496 e. The van der Waals surface area contributed by atoms with Gasteiger partial charge in [0.2, 0.25) is 0 Å². The minimum Gasteiger partial charge on any atom is -0.496 e. The number of benzene rings is 1. The third-order valence-corrected chi connectivity index (χ3v) is 2.38. The first-order valence-corrected chi connectivity index (χ1v) is 4.77. The van der Waals surface area contributed by atoms with E-state index in [0.29, 0.717) is 0 Å². The second kappa shape index (κ2) is 4.42. The van der Waals surface area contributed by atoms with Crippen molar-refractivity contribution in [1.29, 1.82) is 0 Å². The van der Waals surface area contributed by atoms with Gasteiger partial charge in [0.1, 0.15) is 12.0 Å². The van der Waals surface area contributed by atoms with Gasteiger partial charge in [0, 0.05) is 16.0 Å². The van der Waals surface area contributed by atoms with Gasteiger partial charge in [-0.25, -0.2) is 0 Å². The van der Waals surface area contributed by atoms with E-state index >= 15 is 0 Å². The molecule has 1 aromatic rings. The maximum absolute atomic E-state index is 10.6. The van der Waals surface area contributed by atoms with Crippen molar-refractivity contribution in [3.63, 3.8) is 0 Å². The highest BCUT2D eigenvalue weighted by atomic mass is 79.9. The summed E-state index contributed by atoms with van der Waals surface area (Å²) in [5.74, 6) is 0.621. The molecule has 0 bridgehead atoms. The lowest BCUT2D eigenvalue weighted by Gasteiger charge is -2.10. The lowest BCUT2D eigenvalue weighted by atomic mass is 10.0. The third kappa shape index (κ3) is 2.31. The summed E-state index contributed by atoms with van der Waals surface area (Å²) in [5.41, 5.74) is 0.909. The predicted molar refractivity (Wildman–Crippen MR) is 55.2 cm³/mol. The van der Waals surface area contributed by atoms with Gasteiger partial charge in [-0.2, -0.15) is 0 Å². The molecule has 70 valence electrons. The molecular formula is C10H11BrO2. The summed E-state index contributed by atoms with van der Waals surface area (Å²) in [4.78, 5) is 10.6. The molecule has 2 nitrogen and oxygen atoms in total. The first-order chi connectivity index (χ1) is 6.19. The molecule has 0 aliphatic heterocycles. The van der Waals surface area contributed by atoms with Gasteiger partial charge >= 0.3 is 0 Å². The van der Waals surface area contributed by atoms with Gasteiger partial charge in [-0.3, -0.25) is 0 Å². The Labute approximate surface area is 86.0 Å². The average Bonchev–Trinajstić information content (AvgIpc) is 2.16. The molecule has 0 amide bonds. The van der Waals surface area contributed by atoms with Crippen LogP contribution >= 0.6 is 15.9 Å². The van der Waals surface area contributed by atoms with E-state index in [1.165, 1.54) is 0 Å². The molecule has 13 heavy (non-hydrogen) atoms. The number of hydrogen-bond acceptors (Lipinski definition) is 2. The first kappa shape index (κ1) is 10.3. The van der Waals surface area contributed by atoms with Crippen molar-refractivity contribution in [3.05, 3.63) is 28.2 Å². The van der Waals surface area contributed by atoms with Crippen molar-refractivity contribution in [1.82, 2.24) is 0 Å². The van der Waals surface area contributed by atoms with Crippen LogP contribution in [0.3, 0.4) is 0 Å². The zero-order valence-electron chi connectivity index (χ0n) is 7.58. The van der Waals surface area contributed by atoms with Crippen molar-refractivity contribution in [2.45, 2.75) is 12.8 Å². The van der Waals surface area contributed by atoms with Crippen LogP contribution in [-0.2, 0) is 4.79 Å². The number of hydrogen-bond donors (Lipinski definition) is 0. The standard InChI is InChI=1S/C10H11BrO2/c1-7(6-12)9-5-8(11)3-4-10(9)13-2/h3-7H,1-2H3/t7-/m0/s1. The van der Waals surface area contributed by atoms with Crippen LogP contribution in [0.25, 0.3) is 0 Å². The molecule has 1 atom stereocenters. The molecular weight excluding hydrogens is 232 g/mol. The average molecular weight is 243 g/mol. The van der Waals surface area contributed by atoms with Crippen molar-refractivity contribution in [2.75, 3.05) is 7.11 Å². The smallest absolute Gasteiger partial charge is 0.127 e. The second-order valence-corrected chi connectivity index (χ2v) is 3.73. The fourth-order valence-electron chi connectivity index (χ4n) is 1.13. The number of carbonyl (C=O) groups excluding carboxylic acids is 1.